The van der Waals surface area contributed by atoms with E-state index in [2.05, 4.69) is 5.32 Å². The minimum absolute atomic E-state index is 0.0684. The lowest BCUT2D eigenvalue weighted by molar-refractivity contribution is -0.143. The third-order valence-electron chi connectivity index (χ3n) is 6.67. The van der Waals surface area contributed by atoms with Gasteiger partial charge in [-0.2, -0.15) is 0 Å². The van der Waals surface area contributed by atoms with Gasteiger partial charge in [0.1, 0.15) is 6.61 Å². The third kappa shape index (κ3) is 6.70. The lowest BCUT2D eigenvalue weighted by Gasteiger charge is -2.36. The molecule has 2 aliphatic rings. The van der Waals surface area contributed by atoms with E-state index in [1.54, 1.807) is 7.11 Å². The van der Waals surface area contributed by atoms with Gasteiger partial charge in [0.25, 0.3) is 0 Å². The number of thioether (sulfide) groups is 1. The van der Waals surface area contributed by atoms with Crippen LogP contribution in [0.4, 0.5) is 0 Å². The monoisotopic (exact) mass is 563 g/mol. The number of hydrogen-bond donors (Lipinski definition) is 1. The molecular weight excluding hydrogens is 526 g/mol. The van der Waals surface area contributed by atoms with Crippen molar-refractivity contribution in [2.45, 2.75) is 72.3 Å². The number of esters is 1. The van der Waals surface area contributed by atoms with Crippen molar-refractivity contribution in [1.29, 1.82) is 0 Å². The molecule has 0 bridgehead atoms. The molecule has 0 unspecified atom stereocenters. The van der Waals surface area contributed by atoms with Gasteiger partial charge >= 0.3 is 5.97 Å². The van der Waals surface area contributed by atoms with E-state index in [1.165, 1.54) is 11.8 Å². The van der Waals surface area contributed by atoms with Crippen LogP contribution in [0.3, 0.4) is 0 Å². The number of allylic oxidation sites excluding steroid dienone is 1. The number of fused-ring (bicyclic) bond motifs is 1. The predicted molar refractivity (Wildman–Crippen MR) is 158 cm³/mol. The molecule has 1 amide bonds. The van der Waals surface area contributed by atoms with Crippen LogP contribution < -0.4 is 14.8 Å². The Morgan fingerprint density at radius 1 is 1.10 bits per heavy atom. The Kier molecular flexibility index (Phi) is 9.58. The molecule has 2 atom stereocenters. The summed E-state index contributed by atoms with van der Waals surface area (Å²) in [5, 5.41) is 5.67. The minimum Gasteiger partial charge on any atom is -0.493 e. The van der Waals surface area contributed by atoms with Crippen molar-refractivity contribution in [3.63, 3.8) is 0 Å². The van der Waals surface area contributed by atoms with Gasteiger partial charge in [0.2, 0.25) is 5.91 Å². The molecule has 8 nitrogen and oxygen atoms in total. The molecule has 2 heterocycles. The number of ether oxygens (including phenoxy) is 3. The number of carbonyl (C=O) groups is 2. The van der Waals surface area contributed by atoms with E-state index in [0.29, 0.717) is 34.5 Å². The molecule has 0 fully saturated rings. The zero-order valence-electron chi connectivity index (χ0n) is 23.9. The number of hydrogen-bond acceptors (Lipinski definition) is 8. The minimum atomic E-state index is -0.562. The maximum atomic E-state index is 13.4. The molecule has 0 saturated carbocycles. The fraction of sp³-hybridized carbons (Fsp3) is 0.387. The average Bonchev–Trinajstić information content (AvgIpc) is 3.32. The number of methoxy groups -OCH3 is 1. The van der Waals surface area contributed by atoms with Gasteiger partial charge in [-0.05, 0) is 62.8 Å². The molecule has 212 valence electrons. The van der Waals surface area contributed by atoms with Gasteiger partial charge in [0, 0.05) is 11.7 Å². The van der Waals surface area contributed by atoms with E-state index in [0.717, 1.165) is 23.2 Å². The molecular formula is C31H37N3O5S. The summed E-state index contributed by atoms with van der Waals surface area (Å²) in [7, 11) is 1.59. The Hall–Kier alpha value is -3.72. The Morgan fingerprint density at radius 2 is 1.85 bits per heavy atom. The number of benzene rings is 2. The number of amides is 1. The zero-order chi connectivity index (χ0) is 28.8. The van der Waals surface area contributed by atoms with Gasteiger partial charge < -0.3 is 24.4 Å². The zero-order valence-corrected chi connectivity index (χ0v) is 24.7. The van der Waals surface area contributed by atoms with Crippen molar-refractivity contribution >= 4 is 28.8 Å². The number of nitrogens with one attached hydrogen (secondary N) is 1. The summed E-state index contributed by atoms with van der Waals surface area (Å²) < 4.78 is 17.5. The highest BCUT2D eigenvalue weighted by atomic mass is 32.2. The Morgan fingerprint density at radius 3 is 2.52 bits per heavy atom. The summed E-state index contributed by atoms with van der Waals surface area (Å²) in [6.45, 7) is 9.85. The molecule has 9 heteroatoms. The van der Waals surface area contributed by atoms with Crippen LogP contribution in [0.5, 0.6) is 11.5 Å². The van der Waals surface area contributed by atoms with Crippen molar-refractivity contribution in [2.75, 3.05) is 7.11 Å². The number of carbonyl (C=O) groups excluding carboxylic acids is 2. The SMILES string of the molecule is CC[C@@H](C)NC(=O)CC1=CSC2=NC(C)=C(C(=O)OC(C)C)[C@H](c3ccc(OCc4ccccc4)c(OC)c3)N12. The van der Waals surface area contributed by atoms with E-state index < -0.39 is 12.0 Å². The Labute approximate surface area is 240 Å². The smallest absolute Gasteiger partial charge is 0.338 e. The van der Waals surface area contributed by atoms with Crippen molar-refractivity contribution in [1.82, 2.24) is 10.2 Å². The molecule has 2 aromatic rings. The highest BCUT2D eigenvalue weighted by molar-refractivity contribution is 8.16. The van der Waals surface area contributed by atoms with Crippen LogP contribution in [-0.4, -0.2) is 41.2 Å². The average molecular weight is 564 g/mol. The molecule has 2 aliphatic heterocycles. The first-order chi connectivity index (χ1) is 19.2. The first kappa shape index (κ1) is 29.3. The van der Waals surface area contributed by atoms with E-state index in [9.17, 15) is 9.59 Å². The van der Waals surface area contributed by atoms with Crippen LogP contribution in [0, 0.1) is 0 Å². The van der Waals surface area contributed by atoms with Crippen molar-refractivity contribution < 1.29 is 23.8 Å². The van der Waals surface area contributed by atoms with E-state index >= 15 is 0 Å². The Balaban J connectivity index is 1.70. The molecule has 40 heavy (non-hydrogen) atoms. The van der Waals surface area contributed by atoms with Gasteiger partial charge in [-0.15, -0.1) is 0 Å². The summed E-state index contributed by atoms with van der Waals surface area (Å²) in [5.74, 6) is 0.606. The van der Waals surface area contributed by atoms with Crippen LogP contribution in [0.25, 0.3) is 0 Å². The maximum Gasteiger partial charge on any atom is 0.338 e. The number of nitrogens with zero attached hydrogens (tertiary/aromatic N) is 2. The molecule has 0 radical (unpaired) electrons. The highest BCUT2D eigenvalue weighted by Crippen LogP contribution is 2.46. The lowest BCUT2D eigenvalue weighted by Crippen LogP contribution is -2.39. The van der Waals surface area contributed by atoms with E-state index in [-0.39, 0.29) is 24.5 Å². The lowest BCUT2D eigenvalue weighted by atomic mass is 9.93. The number of amidine groups is 1. The first-order valence-corrected chi connectivity index (χ1v) is 14.4. The molecule has 2 aromatic carbocycles. The third-order valence-corrected chi connectivity index (χ3v) is 7.55. The van der Waals surface area contributed by atoms with Crippen LogP contribution in [0.2, 0.25) is 0 Å². The first-order valence-electron chi connectivity index (χ1n) is 13.5. The molecule has 0 aliphatic carbocycles. The van der Waals surface area contributed by atoms with Gasteiger partial charge in [-0.25, -0.2) is 9.79 Å². The molecule has 0 aromatic heterocycles. The second kappa shape index (κ2) is 13.1. The Bertz CT molecular complexity index is 1340. The number of aliphatic imine (C=N–C) groups is 1. The van der Waals surface area contributed by atoms with Crippen molar-refractivity contribution in [3.05, 3.63) is 82.0 Å². The standard InChI is InChI=1S/C31H37N3O5S/c1-7-20(4)32-27(35)16-24-18-40-31-33-21(5)28(30(36)39-19(2)3)29(34(24)31)23-13-14-25(26(15-23)37-6)38-17-22-11-9-8-10-12-22/h8-15,18-20,29H,7,16-17H2,1-6H3,(H,32,35)/t20-,29+/m1/s1. The summed E-state index contributed by atoms with van der Waals surface area (Å²) in [4.78, 5) is 33.0. The van der Waals surface area contributed by atoms with Crippen LogP contribution in [0.1, 0.15) is 64.6 Å². The van der Waals surface area contributed by atoms with Crippen LogP contribution in [-0.2, 0) is 20.9 Å². The van der Waals surface area contributed by atoms with Gasteiger partial charge in [0.15, 0.2) is 16.7 Å². The quantitative estimate of drug-likeness (QED) is 0.330. The van der Waals surface area contributed by atoms with Crippen LogP contribution in [0.15, 0.2) is 75.9 Å². The van der Waals surface area contributed by atoms with Crippen molar-refractivity contribution in [2.24, 2.45) is 4.99 Å². The van der Waals surface area contributed by atoms with E-state index in [4.69, 9.17) is 19.2 Å². The maximum absolute atomic E-state index is 13.4. The molecule has 1 N–H and O–H groups in total. The van der Waals surface area contributed by atoms with E-state index in [1.807, 2.05) is 93.5 Å². The van der Waals surface area contributed by atoms with Gasteiger partial charge in [-0.3, -0.25) is 4.79 Å². The normalized spacial score (nSPS) is 17.2. The molecule has 4 rings (SSSR count). The van der Waals surface area contributed by atoms with Gasteiger partial charge in [-0.1, -0.05) is 55.1 Å². The topological polar surface area (TPSA) is 89.5 Å². The largest absolute Gasteiger partial charge is 0.493 e. The fourth-order valence-corrected chi connectivity index (χ4v) is 5.49. The van der Waals surface area contributed by atoms with Crippen molar-refractivity contribution in [3.8, 4) is 11.5 Å². The molecule has 0 spiro atoms. The summed E-state index contributed by atoms with van der Waals surface area (Å²) in [5.41, 5.74) is 3.60. The summed E-state index contributed by atoms with van der Waals surface area (Å²) in [6, 6.07) is 15.1. The van der Waals surface area contributed by atoms with Crippen LogP contribution >= 0.6 is 11.8 Å². The summed E-state index contributed by atoms with van der Waals surface area (Å²) >= 11 is 1.44. The second-order valence-corrected chi connectivity index (χ2v) is 10.9. The number of rotatable bonds is 11. The second-order valence-electron chi connectivity index (χ2n) is 10.1. The molecule has 0 saturated heterocycles. The summed E-state index contributed by atoms with van der Waals surface area (Å²) in [6.07, 6.45) is 0.698. The highest BCUT2D eigenvalue weighted by Gasteiger charge is 2.41. The van der Waals surface area contributed by atoms with Gasteiger partial charge in [0.05, 0.1) is 36.9 Å². The predicted octanol–water partition coefficient (Wildman–Crippen LogP) is 6.11. The fourth-order valence-electron chi connectivity index (χ4n) is 4.52.